The van der Waals surface area contributed by atoms with Crippen LogP contribution in [-0.4, -0.2) is 27.6 Å². The zero-order valence-corrected chi connectivity index (χ0v) is 10.0. The van der Waals surface area contributed by atoms with Crippen molar-refractivity contribution < 1.29 is 9.84 Å². The smallest absolute Gasteiger partial charge is 0.121 e. The number of aliphatic hydroxyl groups excluding tert-OH is 1. The number of aromatic nitrogens is 2. The number of hydrogen-bond acceptors (Lipinski definition) is 3. The van der Waals surface area contributed by atoms with E-state index in [0.717, 1.165) is 23.4 Å². The molecule has 1 aliphatic heterocycles. The highest BCUT2D eigenvalue weighted by Crippen LogP contribution is 2.20. The highest BCUT2D eigenvalue weighted by Gasteiger charge is 2.20. The molecule has 4 heteroatoms. The molecule has 1 aromatic heterocycles. The Labute approximate surface area is 95.5 Å². The van der Waals surface area contributed by atoms with Gasteiger partial charge in [0.15, 0.2) is 0 Å². The second kappa shape index (κ2) is 4.29. The fourth-order valence-electron chi connectivity index (χ4n) is 2.08. The highest BCUT2D eigenvalue weighted by atomic mass is 16.5. The van der Waals surface area contributed by atoms with Gasteiger partial charge in [-0.3, -0.25) is 4.68 Å². The average Bonchev–Trinajstić information content (AvgIpc) is 2.83. The summed E-state index contributed by atoms with van der Waals surface area (Å²) < 4.78 is 7.21. The maximum absolute atomic E-state index is 10.0. The molecule has 1 atom stereocenters. The van der Waals surface area contributed by atoms with Gasteiger partial charge in [-0.25, -0.2) is 0 Å². The Balaban J connectivity index is 2.14. The molecule has 0 spiro atoms. The van der Waals surface area contributed by atoms with Crippen molar-refractivity contribution in [3.63, 3.8) is 0 Å². The van der Waals surface area contributed by atoms with E-state index in [0.29, 0.717) is 18.8 Å². The quantitative estimate of drug-likeness (QED) is 0.837. The summed E-state index contributed by atoms with van der Waals surface area (Å²) in [5.74, 6) is 0.711. The SMILES string of the molecule is Cc1nn(C)c(C)c1CC(O)C1=CCCO1. The number of aliphatic hydroxyl groups is 1. The maximum Gasteiger partial charge on any atom is 0.121 e. The molecule has 0 amide bonds. The molecule has 1 aromatic rings. The molecular formula is C12H18N2O2. The Morgan fingerprint density at radius 2 is 2.31 bits per heavy atom. The largest absolute Gasteiger partial charge is 0.495 e. The van der Waals surface area contributed by atoms with Crippen LogP contribution in [0, 0.1) is 13.8 Å². The summed E-state index contributed by atoms with van der Waals surface area (Å²) in [4.78, 5) is 0. The summed E-state index contributed by atoms with van der Waals surface area (Å²) in [7, 11) is 1.92. The normalized spacial score (nSPS) is 17.1. The molecule has 1 N–H and O–H groups in total. The third-order valence-electron chi connectivity index (χ3n) is 3.12. The predicted octanol–water partition coefficient (Wildman–Crippen LogP) is 1.24. The summed E-state index contributed by atoms with van der Waals surface area (Å²) in [5.41, 5.74) is 3.21. The molecule has 88 valence electrons. The van der Waals surface area contributed by atoms with Gasteiger partial charge in [-0.05, 0) is 25.5 Å². The van der Waals surface area contributed by atoms with E-state index >= 15 is 0 Å². The van der Waals surface area contributed by atoms with Gasteiger partial charge in [0.05, 0.1) is 12.3 Å². The van der Waals surface area contributed by atoms with Gasteiger partial charge in [-0.2, -0.15) is 5.10 Å². The van der Waals surface area contributed by atoms with E-state index in [4.69, 9.17) is 4.74 Å². The zero-order valence-electron chi connectivity index (χ0n) is 10.0. The van der Waals surface area contributed by atoms with Gasteiger partial charge in [0.25, 0.3) is 0 Å². The summed E-state index contributed by atoms with van der Waals surface area (Å²) in [6.07, 6.45) is 2.91. The average molecular weight is 222 g/mol. The highest BCUT2D eigenvalue weighted by molar-refractivity contribution is 5.26. The molecule has 0 saturated heterocycles. The minimum Gasteiger partial charge on any atom is -0.495 e. The van der Waals surface area contributed by atoms with E-state index in [1.807, 2.05) is 31.7 Å². The van der Waals surface area contributed by atoms with Crippen LogP contribution < -0.4 is 0 Å². The summed E-state index contributed by atoms with van der Waals surface area (Å²) in [6.45, 7) is 4.68. The van der Waals surface area contributed by atoms with Gasteiger partial charge < -0.3 is 9.84 Å². The van der Waals surface area contributed by atoms with E-state index in [2.05, 4.69) is 5.10 Å². The lowest BCUT2D eigenvalue weighted by molar-refractivity contribution is 0.118. The molecule has 0 fully saturated rings. The zero-order chi connectivity index (χ0) is 11.7. The van der Waals surface area contributed by atoms with Crippen LogP contribution in [0.25, 0.3) is 0 Å². The van der Waals surface area contributed by atoms with Crippen molar-refractivity contribution in [1.82, 2.24) is 9.78 Å². The van der Waals surface area contributed by atoms with Crippen molar-refractivity contribution in [2.75, 3.05) is 6.61 Å². The van der Waals surface area contributed by atoms with Crippen molar-refractivity contribution >= 4 is 0 Å². The minimum atomic E-state index is -0.538. The van der Waals surface area contributed by atoms with E-state index in [1.165, 1.54) is 0 Å². The monoisotopic (exact) mass is 222 g/mol. The van der Waals surface area contributed by atoms with Gasteiger partial charge in [-0.1, -0.05) is 0 Å². The lowest BCUT2D eigenvalue weighted by atomic mass is 10.0. The van der Waals surface area contributed by atoms with Crippen LogP contribution in [0.15, 0.2) is 11.8 Å². The maximum atomic E-state index is 10.0. The van der Waals surface area contributed by atoms with Crippen LogP contribution in [0.2, 0.25) is 0 Å². The summed E-state index contributed by atoms with van der Waals surface area (Å²) >= 11 is 0. The fourth-order valence-corrected chi connectivity index (χ4v) is 2.08. The first-order valence-electron chi connectivity index (χ1n) is 5.59. The summed E-state index contributed by atoms with van der Waals surface area (Å²) in [6, 6.07) is 0. The van der Waals surface area contributed by atoms with Crippen molar-refractivity contribution in [2.24, 2.45) is 7.05 Å². The van der Waals surface area contributed by atoms with Gasteiger partial charge in [-0.15, -0.1) is 0 Å². The van der Waals surface area contributed by atoms with Crippen molar-refractivity contribution in [2.45, 2.75) is 32.8 Å². The van der Waals surface area contributed by atoms with E-state index in [1.54, 1.807) is 0 Å². The molecule has 0 radical (unpaired) electrons. The van der Waals surface area contributed by atoms with Crippen molar-refractivity contribution in [3.8, 4) is 0 Å². The first-order chi connectivity index (χ1) is 7.59. The lowest BCUT2D eigenvalue weighted by Crippen LogP contribution is -2.15. The van der Waals surface area contributed by atoms with Gasteiger partial charge in [0.1, 0.15) is 11.9 Å². The molecule has 1 aliphatic rings. The molecule has 0 aromatic carbocycles. The van der Waals surface area contributed by atoms with E-state index in [9.17, 15) is 5.11 Å². The molecule has 4 nitrogen and oxygen atoms in total. The molecule has 0 aliphatic carbocycles. The minimum absolute atomic E-state index is 0.538. The number of ether oxygens (including phenoxy) is 1. The number of hydrogen-bond donors (Lipinski definition) is 1. The van der Waals surface area contributed by atoms with Crippen LogP contribution >= 0.6 is 0 Å². The van der Waals surface area contributed by atoms with Crippen molar-refractivity contribution in [3.05, 3.63) is 28.8 Å². The van der Waals surface area contributed by atoms with Gasteiger partial charge in [0, 0.05) is 25.6 Å². The summed E-state index contributed by atoms with van der Waals surface area (Å²) in [5, 5.41) is 14.4. The third kappa shape index (κ3) is 1.97. The standard InChI is InChI=1S/C12H18N2O2/c1-8-10(9(2)14(3)13-8)7-11(15)12-5-4-6-16-12/h5,11,15H,4,6-7H2,1-3H3. The molecular weight excluding hydrogens is 204 g/mol. The van der Waals surface area contributed by atoms with Crippen LogP contribution in [-0.2, 0) is 18.2 Å². The molecule has 2 rings (SSSR count). The Kier molecular flexibility index (Phi) is 3.01. The number of nitrogens with zero attached hydrogens (tertiary/aromatic N) is 2. The second-order valence-electron chi connectivity index (χ2n) is 4.24. The van der Waals surface area contributed by atoms with Crippen LogP contribution in [0.1, 0.15) is 23.4 Å². The number of rotatable bonds is 3. The first kappa shape index (κ1) is 11.2. The third-order valence-corrected chi connectivity index (χ3v) is 3.12. The van der Waals surface area contributed by atoms with E-state index in [-0.39, 0.29) is 0 Å². The predicted molar refractivity (Wildman–Crippen MR) is 61.0 cm³/mol. The van der Waals surface area contributed by atoms with Crippen molar-refractivity contribution in [1.29, 1.82) is 0 Å². The Hall–Kier alpha value is -1.29. The lowest BCUT2D eigenvalue weighted by Gasteiger charge is -2.12. The second-order valence-corrected chi connectivity index (χ2v) is 4.24. The topological polar surface area (TPSA) is 47.3 Å². The molecule has 2 heterocycles. The fraction of sp³-hybridized carbons (Fsp3) is 0.583. The van der Waals surface area contributed by atoms with Gasteiger partial charge in [0.2, 0.25) is 0 Å². The van der Waals surface area contributed by atoms with Gasteiger partial charge >= 0.3 is 0 Å². The molecule has 1 unspecified atom stereocenters. The first-order valence-corrected chi connectivity index (χ1v) is 5.59. The Morgan fingerprint density at radius 3 is 2.81 bits per heavy atom. The molecule has 0 bridgehead atoms. The Bertz CT molecular complexity index is 421. The number of aryl methyl sites for hydroxylation is 2. The molecule has 16 heavy (non-hydrogen) atoms. The van der Waals surface area contributed by atoms with E-state index < -0.39 is 6.10 Å². The Morgan fingerprint density at radius 1 is 1.56 bits per heavy atom. The van der Waals surface area contributed by atoms with Crippen LogP contribution in [0.3, 0.4) is 0 Å². The van der Waals surface area contributed by atoms with Crippen LogP contribution in [0.4, 0.5) is 0 Å². The van der Waals surface area contributed by atoms with Crippen LogP contribution in [0.5, 0.6) is 0 Å². The molecule has 0 saturated carbocycles.